The number of hydrogen-bond donors (Lipinski definition) is 1. The normalized spacial score (nSPS) is 18.2. The predicted octanol–water partition coefficient (Wildman–Crippen LogP) is -2.38. The molecule has 0 bridgehead atoms. The second-order valence-electron chi connectivity index (χ2n) is 4.30. The number of quaternary nitrogens is 1. The number of hydrogen-bond acceptors (Lipinski definition) is 4. The number of nitrogens with zero attached hydrogens (tertiary/aromatic N) is 1. The molecule has 1 saturated heterocycles. The summed E-state index contributed by atoms with van der Waals surface area (Å²) in [4.78, 5) is 21.8. The first kappa shape index (κ1) is 15.6. The highest BCUT2D eigenvalue weighted by Gasteiger charge is 2.26. The van der Waals surface area contributed by atoms with E-state index >= 15 is 0 Å². The minimum absolute atomic E-state index is 0. The number of carbonyl (C=O) groups is 1. The maximum Gasteiger partial charge on any atom is 0.370 e. The fourth-order valence-electron chi connectivity index (χ4n) is 1.99. The van der Waals surface area contributed by atoms with Crippen LogP contribution in [0.25, 0.3) is 0 Å². The molecule has 104 valence electrons. The van der Waals surface area contributed by atoms with Gasteiger partial charge in [-0.1, -0.05) is 0 Å². The summed E-state index contributed by atoms with van der Waals surface area (Å²) in [6.07, 6.45) is 2.99. The number of benzene rings is 1. The number of esters is 1. The lowest BCUT2D eigenvalue weighted by molar-refractivity contribution is -0.685. The topological polar surface area (TPSA) is 86.0 Å². The summed E-state index contributed by atoms with van der Waals surface area (Å²) in [5, 5.41) is 12.5. The lowest BCUT2D eigenvalue weighted by atomic mass is 10.1. The highest BCUT2D eigenvalue weighted by atomic mass is 79.9. The second-order valence-corrected chi connectivity index (χ2v) is 4.30. The maximum absolute atomic E-state index is 11.8. The lowest BCUT2D eigenvalue weighted by Crippen LogP contribution is -3.00. The van der Waals surface area contributed by atoms with Gasteiger partial charge in [-0.05, 0) is 25.0 Å². The van der Waals surface area contributed by atoms with E-state index in [9.17, 15) is 14.9 Å². The van der Waals surface area contributed by atoms with Crippen LogP contribution >= 0.6 is 0 Å². The summed E-state index contributed by atoms with van der Waals surface area (Å²) in [7, 11) is 0. The van der Waals surface area contributed by atoms with Crippen molar-refractivity contribution in [3.8, 4) is 5.75 Å². The van der Waals surface area contributed by atoms with Crippen molar-refractivity contribution in [1.82, 2.24) is 0 Å². The molecule has 1 atom stereocenters. The smallest absolute Gasteiger partial charge is 0.370 e. The molecule has 1 heterocycles. The second kappa shape index (κ2) is 7.20. The monoisotopic (exact) mass is 330 g/mol. The lowest BCUT2D eigenvalue weighted by Gasteiger charge is -2.18. The van der Waals surface area contributed by atoms with Gasteiger partial charge in [0, 0.05) is 18.6 Å². The molecule has 2 rings (SSSR count). The third kappa shape index (κ3) is 4.29. The average Bonchev–Trinajstić information content (AvgIpc) is 2.40. The number of non-ortho nitro benzene ring substituents is 1. The first-order chi connectivity index (χ1) is 8.66. The van der Waals surface area contributed by atoms with Gasteiger partial charge in [0.05, 0.1) is 11.5 Å². The van der Waals surface area contributed by atoms with Gasteiger partial charge in [0.2, 0.25) is 0 Å². The van der Waals surface area contributed by atoms with Gasteiger partial charge in [0.15, 0.2) is 6.04 Å². The summed E-state index contributed by atoms with van der Waals surface area (Å²) < 4.78 is 5.20. The van der Waals surface area contributed by atoms with Crippen LogP contribution in [0.2, 0.25) is 0 Å². The van der Waals surface area contributed by atoms with Gasteiger partial charge in [-0.2, -0.15) is 0 Å². The minimum atomic E-state index is -0.486. The standard InChI is InChI=1S/C12H14N2O4.BrH/c15-12(11-3-1-2-8-13-11)18-10-6-4-9(5-7-10)14(16)17;/h4-7,11,13H,1-3,8H2;1H. The molecule has 1 unspecified atom stereocenters. The van der Waals surface area contributed by atoms with Crippen LogP contribution in [-0.4, -0.2) is 23.5 Å². The van der Waals surface area contributed by atoms with Crippen molar-refractivity contribution in [2.75, 3.05) is 6.54 Å². The number of rotatable bonds is 3. The molecule has 0 saturated carbocycles. The molecule has 1 aliphatic rings. The van der Waals surface area contributed by atoms with E-state index in [1.165, 1.54) is 24.3 Å². The number of ether oxygens (including phenoxy) is 1. The Morgan fingerprint density at radius 3 is 2.53 bits per heavy atom. The maximum atomic E-state index is 11.8. The van der Waals surface area contributed by atoms with E-state index in [2.05, 4.69) is 0 Å². The fraction of sp³-hybridized carbons (Fsp3) is 0.417. The van der Waals surface area contributed by atoms with Crippen molar-refractivity contribution in [3.63, 3.8) is 0 Å². The molecule has 6 nitrogen and oxygen atoms in total. The van der Waals surface area contributed by atoms with Gasteiger partial charge in [-0.15, -0.1) is 0 Å². The van der Waals surface area contributed by atoms with Crippen LogP contribution in [0.15, 0.2) is 24.3 Å². The molecule has 7 heteroatoms. The number of piperidine rings is 1. The summed E-state index contributed by atoms with van der Waals surface area (Å²) in [5.74, 6) is 0.0770. The van der Waals surface area contributed by atoms with Crippen molar-refractivity contribution in [2.45, 2.75) is 25.3 Å². The molecule has 2 N–H and O–H groups in total. The first-order valence-corrected chi connectivity index (χ1v) is 5.96. The van der Waals surface area contributed by atoms with Crippen LogP contribution in [0.5, 0.6) is 5.75 Å². The quantitative estimate of drug-likeness (QED) is 0.290. The van der Waals surface area contributed by atoms with Crippen molar-refractivity contribution in [1.29, 1.82) is 0 Å². The Morgan fingerprint density at radius 1 is 1.32 bits per heavy atom. The third-order valence-electron chi connectivity index (χ3n) is 2.99. The van der Waals surface area contributed by atoms with Crippen molar-refractivity contribution in [2.24, 2.45) is 0 Å². The van der Waals surface area contributed by atoms with E-state index in [4.69, 9.17) is 4.74 Å². The fourth-order valence-corrected chi connectivity index (χ4v) is 1.99. The van der Waals surface area contributed by atoms with Gasteiger partial charge in [0.25, 0.3) is 5.69 Å². The van der Waals surface area contributed by atoms with Crippen LogP contribution in [0.3, 0.4) is 0 Å². The highest BCUT2D eigenvalue weighted by Crippen LogP contribution is 2.18. The molecule has 0 radical (unpaired) electrons. The van der Waals surface area contributed by atoms with Crippen molar-refractivity contribution in [3.05, 3.63) is 34.4 Å². The molecule has 0 aromatic heterocycles. The number of nitro groups is 1. The van der Waals surface area contributed by atoms with Crippen LogP contribution in [0.4, 0.5) is 5.69 Å². The Morgan fingerprint density at radius 2 is 2.00 bits per heavy atom. The summed E-state index contributed by atoms with van der Waals surface area (Å²) in [6.45, 7) is 0.944. The van der Waals surface area contributed by atoms with E-state index in [0.717, 1.165) is 25.8 Å². The van der Waals surface area contributed by atoms with Crippen LogP contribution in [0.1, 0.15) is 19.3 Å². The molecule has 1 fully saturated rings. The highest BCUT2D eigenvalue weighted by molar-refractivity contribution is 5.76. The molecule has 0 aliphatic carbocycles. The van der Waals surface area contributed by atoms with E-state index in [1.807, 2.05) is 5.32 Å². The van der Waals surface area contributed by atoms with Gasteiger partial charge in [0.1, 0.15) is 5.75 Å². The number of nitro benzene ring substituents is 1. The molecular weight excluding hydrogens is 316 g/mol. The Labute approximate surface area is 121 Å². The Hall–Kier alpha value is -1.47. The molecular formula is C12H15BrN2O4. The van der Waals surface area contributed by atoms with Crippen LogP contribution in [0, 0.1) is 10.1 Å². The van der Waals surface area contributed by atoms with Crippen molar-refractivity contribution < 1.29 is 36.8 Å². The number of halogens is 1. The number of nitrogens with two attached hydrogens (primary N) is 1. The largest absolute Gasteiger partial charge is 1.00 e. The zero-order valence-corrected chi connectivity index (χ0v) is 11.8. The first-order valence-electron chi connectivity index (χ1n) is 5.96. The van der Waals surface area contributed by atoms with E-state index in [-0.39, 0.29) is 34.7 Å². The average molecular weight is 331 g/mol. The molecule has 0 spiro atoms. The Bertz CT molecular complexity index is 444. The van der Waals surface area contributed by atoms with Gasteiger partial charge in [-0.3, -0.25) is 10.1 Å². The van der Waals surface area contributed by atoms with Gasteiger partial charge < -0.3 is 27.0 Å². The third-order valence-corrected chi connectivity index (χ3v) is 2.99. The molecule has 19 heavy (non-hydrogen) atoms. The molecule has 0 amide bonds. The minimum Gasteiger partial charge on any atom is -1.00 e. The zero-order chi connectivity index (χ0) is 13.0. The Balaban J connectivity index is 0.00000180. The van der Waals surface area contributed by atoms with Crippen molar-refractivity contribution >= 4 is 11.7 Å². The Kier molecular flexibility index (Phi) is 5.91. The molecule has 1 aromatic rings. The zero-order valence-electron chi connectivity index (χ0n) is 10.3. The molecule has 1 aliphatic heterocycles. The van der Waals surface area contributed by atoms with Gasteiger partial charge in [-0.25, -0.2) is 4.79 Å². The van der Waals surface area contributed by atoms with E-state index in [0.29, 0.717) is 5.75 Å². The summed E-state index contributed by atoms with van der Waals surface area (Å²) in [6, 6.07) is 5.40. The predicted molar refractivity (Wildman–Crippen MR) is 63.2 cm³/mol. The van der Waals surface area contributed by atoms with E-state index in [1.54, 1.807) is 0 Å². The summed E-state index contributed by atoms with van der Waals surface area (Å²) in [5.41, 5.74) is -0.0148. The van der Waals surface area contributed by atoms with Crippen LogP contribution in [-0.2, 0) is 4.79 Å². The van der Waals surface area contributed by atoms with Crippen LogP contribution < -0.4 is 27.0 Å². The molecule has 1 aromatic carbocycles. The summed E-state index contributed by atoms with van der Waals surface area (Å²) >= 11 is 0. The SMILES string of the molecule is O=C(Oc1ccc([N+](=O)[O-])cc1)C1CCCC[NH2+]1.[Br-]. The van der Waals surface area contributed by atoms with E-state index < -0.39 is 4.92 Å². The van der Waals surface area contributed by atoms with Gasteiger partial charge >= 0.3 is 5.97 Å². The number of carbonyl (C=O) groups excluding carboxylic acids is 1.